The maximum absolute atomic E-state index is 12.7. The number of rotatable bonds is 5. The van der Waals surface area contributed by atoms with Gasteiger partial charge in [0.05, 0.1) is 4.90 Å². The number of aryl methyl sites for hydroxylation is 2. The minimum Gasteiger partial charge on any atom is -0.396 e. The van der Waals surface area contributed by atoms with Crippen LogP contribution >= 0.6 is 0 Å². The molecule has 5 heteroatoms. The Morgan fingerprint density at radius 2 is 1.55 bits per heavy atom. The first-order valence-corrected chi connectivity index (χ1v) is 8.22. The van der Waals surface area contributed by atoms with Crippen molar-refractivity contribution in [2.45, 2.75) is 58.4 Å². The smallest absolute Gasteiger partial charge is 0.241 e. The van der Waals surface area contributed by atoms with Crippen LogP contribution in [0.15, 0.2) is 11.0 Å². The van der Waals surface area contributed by atoms with Gasteiger partial charge < -0.3 is 5.11 Å². The molecule has 0 saturated heterocycles. The van der Waals surface area contributed by atoms with Crippen molar-refractivity contribution < 1.29 is 13.5 Å². The number of hydrogen-bond donors (Lipinski definition) is 2. The molecule has 0 unspecified atom stereocenters. The van der Waals surface area contributed by atoms with E-state index < -0.39 is 15.6 Å². The van der Waals surface area contributed by atoms with Crippen LogP contribution < -0.4 is 4.72 Å². The average Bonchev–Trinajstić information content (AvgIpc) is 2.24. The summed E-state index contributed by atoms with van der Waals surface area (Å²) in [5.74, 6) is 0. The van der Waals surface area contributed by atoms with Crippen LogP contribution in [0.5, 0.6) is 0 Å². The van der Waals surface area contributed by atoms with E-state index >= 15 is 0 Å². The molecule has 0 amide bonds. The monoisotopic (exact) mass is 299 g/mol. The zero-order valence-corrected chi connectivity index (χ0v) is 14.0. The molecule has 20 heavy (non-hydrogen) atoms. The molecular formula is C15H25NO3S. The summed E-state index contributed by atoms with van der Waals surface area (Å²) < 4.78 is 28.1. The molecule has 1 aromatic carbocycles. The maximum Gasteiger partial charge on any atom is 0.241 e. The van der Waals surface area contributed by atoms with Crippen molar-refractivity contribution in [3.63, 3.8) is 0 Å². The van der Waals surface area contributed by atoms with Crippen LogP contribution in [-0.4, -0.2) is 25.7 Å². The molecule has 0 aromatic heterocycles. The van der Waals surface area contributed by atoms with Crippen molar-refractivity contribution in [3.05, 3.63) is 28.3 Å². The second kappa shape index (κ2) is 5.84. The molecule has 114 valence electrons. The van der Waals surface area contributed by atoms with Gasteiger partial charge in [0.25, 0.3) is 0 Å². The number of hydrogen-bond acceptors (Lipinski definition) is 3. The van der Waals surface area contributed by atoms with E-state index in [0.717, 1.165) is 22.3 Å². The standard InChI is InChI=1S/C15H25NO3S/c1-10-9-11(2)13(4)14(12(10)3)20(18,19)16-15(5,6)7-8-17/h9,16-17H,7-8H2,1-6H3. The fourth-order valence-corrected chi connectivity index (χ4v) is 4.39. The first-order valence-electron chi connectivity index (χ1n) is 6.74. The summed E-state index contributed by atoms with van der Waals surface area (Å²) in [4.78, 5) is 0.362. The normalized spacial score (nSPS) is 12.8. The second-order valence-electron chi connectivity index (χ2n) is 6.05. The van der Waals surface area contributed by atoms with Gasteiger partial charge in [-0.3, -0.25) is 0 Å². The van der Waals surface area contributed by atoms with Gasteiger partial charge in [0, 0.05) is 12.1 Å². The zero-order valence-electron chi connectivity index (χ0n) is 13.2. The van der Waals surface area contributed by atoms with Gasteiger partial charge in [-0.15, -0.1) is 0 Å². The minimum atomic E-state index is -3.61. The van der Waals surface area contributed by atoms with E-state index in [1.807, 2.05) is 33.8 Å². The molecule has 0 aliphatic rings. The molecule has 1 rings (SSSR count). The number of nitrogens with one attached hydrogen (secondary N) is 1. The highest BCUT2D eigenvalue weighted by Gasteiger charge is 2.29. The first-order chi connectivity index (χ1) is 9.02. The predicted molar refractivity (Wildman–Crippen MR) is 81.5 cm³/mol. The van der Waals surface area contributed by atoms with E-state index in [4.69, 9.17) is 5.11 Å². The molecule has 0 aliphatic heterocycles. The van der Waals surface area contributed by atoms with Crippen LogP contribution in [0.2, 0.25) is 0 Å². The fourth-order valence-electron chi connectivity index (χ4n) is 2.33. The molecule has 4 nitrogen and oxygen atoms in total. The quantitative estimate of drug-likeness (QED) is 0.877. The Morgan fingerprint density at radius 3 is 1.95 bits per heavy atom. The largest absolute Gasteiger partial charge is 0.396 e. The summed E-state index contributed by atoms with van der Waals surface area (Å²) >= 11 is 0. The van der Waals surface area contributed by atoms with Crippen molar-refractivity contribution in [2.75, 3.05) is 6.61 Å². The van der Waals surface area contributed by atoms with Crippen molar-refractivity contribution in [2.24, 2.45) is 0 Å². The third kappa shape index (κ3) is 3.59. The van der Waals surface area contributed by atoms with Crippen LogP contribution in [0, 0.1) is 27.7 Å². The maximum atomic E-state index is 12.7. The van der Waals surface area contributed by atoms with E-state index in [9.17, 15) is 8.42 Å². The molecular weight excluding hydrogens is 274 g/mol. The van der Waals surface area contributed by atoms with Gasteiger partial charge in [-0.2, -0.15) is 0 Å². The van der Waals surface area contributed by atoms with Gasteiger partial charge in [0.15, 0.2) is 0 Å². The zero-order chi connectivity index (χ0) is 15.7. The highest BCUT2D eigenvalue weighted by Crippen LogP contribution is 2.27. The van der Waals surface area contributed by atoms with Crippen LogP contribution in [-0.2, 0) is 10.0 Å². The third-order valence-corrected chi connectivity index (χ3v) is 5.68. The lowest BCUT2D eigenvalue weighted by Gasteiger charge is -2.26. The number of aliphatic hydroxyl groups excluding tert-OH is 1. The number of aliphatic hydroxyl groups is 1. The lowest BCUT2D eigenvalue weighted by Crippen LogP contribution is -2.44. The lowest BCUT2D eigenvalue weighted by atomic mass is 10.0. The molecule has 1 aromatic rings. The topological polar surface area (TPSA) is 66.4 Å². The molecule has 0 spiro atoms. The van der Waals surface area contributed by atoms with Gasteiger partial charge in [-0.1, -0.05) is 6.07 Å². The van der Waals surface area contributed by atoms with Gasteiger partial charge in [0.1, 0.15) is 0 Å². The van der Waals surface area contributed by atoms with Gasteiger partial charge in [-0.05, 0) is 70.2 Å². The average molecular weight is 299 g/mol. The Bertz CT molecular complexity index is 578. The summed E-state index contributed by atoms with van der Waals surface area (Å²) in [7, 11) is -3.61. The molecule has 0 fully saturated rings. The highest BCUT2D eigenvalue weighted by molar-refractivity contribution is 7.89. The van der Waals surface area contributed by atoms with Crippen molar-refractivity contribution in [1.82, 2.24) is 4.72 Å². The highest BCUT2D eigenvalue weighted by atomic mass is 32.2. The van der Waals surface area contributed by atoms with E-state index in [1.165, 1.54) is 0 Å². The van der Waals surface area contributed by atoms with Gasteiger partial charge in [0.2, 0.25) is 10.0 Å². The van der Waals surface area contributed by atoms with Gasteiger partial charge in [-0.25, -0.2) is 13.1 Å². The summed E-state index contributed by atoms with van der Waals surface area (Å²) in [5.41, 5.74) is 2.81. The van der Waals surface area contributed by atoms with E-state index in [2.05, 4.69) is 4.72 Å². The summed E-state index contributed by atoms with van der Waals surface area (Å²) in [6.07, 6.45) is 0.370. The van der Waals surface area contributed by atoms with Crippen LogP contribution in [0.3, 0.4) is 0 Å². The molecule has 0 aliphatic carbocycles. The summed E-state index contributed by atoms with van der Waals surface area (Å²) in [5, 5.41) is 9.03. The van der Waals surface area contributed by atoms with E-state index in [-0.39, 0.29) is 6.61 Å². The summed E-state index contributed by atoms with van der Waals surface area (Å²) in [6.45, 7) is 11.0. The van der Waals surface area contributed by atoms with E-state index in [1.54, 1.807) is 13.8 Å². The van der Waals surface area contributed by atoms with Crippen LogP contribution in [0.25, 0.3) is 0 Å². The SMILES string of the molecule is Cc1cc(C)c(C)c(S(=O)(=O)NC(C)(C)CCO)c1C. The number of sulfonamides is 1. The third-order valence-electron chi connectivity index (χ3n) is 3.71. The van der Waals surface area contributed by atoms with Crippen LogP contribution in [0.1, 0.15) is 42.5 Å². The Hall–Kier alpha value is -0.910. The molecule has 0 radical (unpaired) electrons. The Morgan fingerprint density at radius 1 is 1.10 bits per heavy atom. The Kier molecular flexibility index (Phi) is 5.00. The van der Waals surface area contributed by atoms with E-state index in [0.29, 0.717) is 11.3 Å². The summed E-state index contributed by atoms with van der Waals surface area (Å²) in [6, 6.07) is 2.00. The molecule has 0 atom stereocenters. The Balaban J connectivity index is 3.37. The fraction of sp³-hybridized carbons (Fsp3) is 0.600. The molecule has 0 saturated carbocycles. The van der Waals surface area contributed by atoms with Gasteiger partial charge >= 0.3 is 0 Å². The van der Waals surface area contributed by atoms with Crippen LogP contribution in [0.4, 0.5) is 0 Å². The lowest BCUT2D eigenvalue weighted by molar-refractivity contribution is 0.245. The number of benzene rings is 1. The second-order valence-corrected chi connectivity index (χ2v) is 7.67. The van der Waals surface area contributed by atoms with Crippen molar-refractivity contribution in [1.29, 1.82) is 0 Å². The predicted octanol–water partition coefficient (Wildman–Crippen LogP) is 2.36. The molecule has 0 heterocycles. The molecule has 2 N–H and O–H groups in total. The first kappa shape index (κ1) is 17.1. The van der Waals surface area contributed by atoms with Crippen molar-refractivity contribution in [3.8, 4) is 0 Å². The Labute approximate surface area is 122 Å². The van der Waals surface area contributed by atoms with Crippen molar-refractivity contribution >= 4 is 10.0 Å². The minimum absolute atomic E-state index is 0.0552. The molecule has 0 bridgehead atoms.